The van der Waals surface area contributed by atoms with Crippen LogP contribution in [0.1, 0.15) is 56.6 Å². The number of hydrogen-bond donors (Lipinski definition) is 0. The highest BCUT2D eigenvalue weighted by molar-refractivity contribution is 5.93. The number of aromatic nitrogens is 1. The first-order valence-electron chi connectivity index (χ1n) is 10.2. The number of benzene rings is 1. The molecule has 0 fully saturated rings. The Labute approximate surface area is 163 Å². The number of carbonyl (C=O) groups is 1. The number of ketones is 1. The van der Waals surface area contributed by atoms with Gasteiger partial charge in [-0.25, -0.2) is 0 Å². The van der Waals surface area contributed by atoms with Crippen LogP contribution in [0.2, 0.25) is 0 Å². The first kappa shape index (κ1) is 19.3. The number of anilines is 1. The lowest BCUT2D eigenvalue weighted by atomic mass is 10.1. The molecule has 1 aliphatic heterocycles. The van der Waals surface area contributed by atoms with Gasteiger partial charge < -0.3 is 4.90 Å². The van der Waals surface area contributed by atoms with Gasteiger partial charge in [-0.15, -0.1) is 0 Å². The van der Waals surface area contributed by atoms with Gasteiger partial charge in [-0.3, -0.25) is 9.78 Å². The summed E-state index contributed by atoms with van der Waals surface area (Å²) in [6.07, 6.45) is 14.7. The van der Waals surface area contributed by atoms with Crippen LogP contribution in [-0.2, 0) is 11.2 Å². The number of allylic oxidation sites excluding steroid dienone is 1. The summed E-state index contributed by atoms with van der Waals surface area (Å²) in [7, 11) is 0. The van der Waals surface area contributed by atoms with E-state index in [0.29, 0.717) is 12.5 Å². The molecular weight excluding hydrogens is 332 g/mol. The lowest BCUT2D eigenvalue weighted by molar-refractivity contribution is -0.114. The van der Waals surface area contributed by atoms with Crippen molar-refractivity contribution in [3.8, 4) is 0 Å². The molecule has 1 aromatic heterocycles. The number of pyridine rings is 1. The Morgan fingerprint density at radius 3 is 2.78 bits per heavy atom. The molecule has 2 aromatic rings. The van der Waals surface area contributed by atoms with Crippen LogP contribution in [0.15, 0.2) is 54.9 Å². The lowest BCUT2D eigenvalue weighted by Crippen LogP contribution is -2.30. The van der Waals surface area contributed by atoms with Gasteiger partial charge in [0, 0.05) is 37.1 Å². The van der Waals surface area contributed by atoms with Gasteiger partial charge in [0.2, 0.25) is 0 Å². The molecule has 0 saturated heterocycles. The topological polar surface area (TPSA) is 33.2 Å². The van der Waals surface area contributed by atoms with Gasteiger partial charge in [-0.2, -0.15) is 0 Å². The molecule has 0 saturated carbocycles. The van der Waals surface area contributed by atoms with E-state index in [9.17, 15) is 4.79 Å². The second-order valence-electron chi connectivity index (χ2n) is 7.48. The van der Waals surface area contributed by atoms with E-state index in [1.54, 1.807) is 18.5 Å². The van der Waals surface area contributed by atoms with Gasteiger partial charge in [0.05, 0.1) is 0 Å². The van der Waals surface area contributed by atoms with E-state index in [4.69, 9.17) is 0 Å². The third-order valence-electron chi connectivity index (χ3n) is 5.32. The Hall–Kier alpha value is -2.42. The van der Waals surface area contributed by atoms with E-state index in [2.05, 4.69) is 41.1 Å². The summed E-state index contributed by atoms with van der Waals surface area (Å²) in [6.45, 7) is 3.47. The van der Waals surface area contributed by atoms with E-state index in [-0.39, 0.29) is 5.78 Å². The molecule has 1 atom stereocenters. The second-order valence-corrected chi connectivity index (χ2v) is 7.48. The average molecular weight is 363 g/mol. The van der Waals surface area contributed by atoms with Crippen LogP contribution in [0.3, 0.4) is 0 Å². The zero-order valence-electron chi connectivity index (χ0n) is 16.3. The smallest absolute Gasteiger partial charge is 0.155 e. The Bertz CT molecular complexity index is 754. The minimum absolute atomic E-state index is 0.210. The van der Waals surface area contributed by atoms with Gasteiger partial charge in [0.25, 0.3) is 0 Å². The minimum Gasteiger partial charge on any atom is -0.368 e. The molecule has 3 rings (SSSR count). The van der Waals surface area contributed by atoms with Crippen molar-refractivity contribution in [1.29, 1.82) is 0 Å². The van der Waals surface area contributed by atoms with Crippen molar-refractivity contribution < 1.29 is 4.79 Å². The standard InChI is InChI=1S/C24H30N2O/c1-20-18-22-11-6-7-13-24(22)26(20)17-8-4-2-3-5-12-23(27)15-14-21-10-9-16-25-19-21/h6-7,9-11,13-16,19-20H,2-5,8,12,17-18H2,1H3/b15-14+. The van der Waals surface area contributed by atoms with Crippen LogP contribution >= 0.6 is 0 Å². The van der Waals surface area contributed by atoms with E-state index < -0.39 is 0 Å². The third kappa shape index (κ3) is 5.78. The first-order valence-corrected chi connectivity index (χ1v) is 10.2. The normalized spacial score (nSPS) is 16.0. The van der Waals surface area contributed by atoms with Crippen molar-refractivity contribution >= 4 is 17.5 Å². The molecule has 1 aromatic carbocycles. The number of para-hydroxylation sites is 1. The number of nitrogens with zero attached hydrogens (tertiary/aromatic N) is 2. The summed E-state index contributed by atoms with van der Waals surface area (Å²) in [6, 6.07) is 13.2. The molecule has 0 N–H and O–H groups in total. The van der Waals surface area contributed by atoms with Gasteiger partial charge in [0.1, 0.15) is 0 Å². The van der Waals surface area contributed by atoms with Gasteiger partial charge in [-0.1, -0.05) is 43.5 Å². The molecule has 0 amide bonds. The molecule has 1 aliphatic rings. The minimum atomic E-state index is 0.210. The van der Waals surface area contributed by atoms with Crippen molar-refractivity contribution in [2.24, 2.45) is 0 Å². The summed E-state index contributed by atoms with van der Waals surface area (Å²) in [5, 5.41) is 0. The molecule has 3 nitrogen and oxygen atoms in total. The predicted molar refractivity (Wildman–Crippen MR) is 113 cm³/mol. The van der Waals surface area contributed by atoms with E-state index in [1.165, 1.54) is 36.9 Å². The zero-order valence-corrected chi connectivity index (χ0v) is 16.3. The Morgan fingerprint density at radius 1 is 1.11 bits per heavy atom. The monoisotopic (exact) mass is 362 g/mol. The van der Waals surface area contributed by atoms with E-state index in [0.717, 1.165) is 24.9 Å². The Morgan fingerprint density at radius 2 is 1.93 bits per heavy atom. The highest BCUT2D eigenvalue weighted by atomic mass is 16.1. The molecule has 3 heteroatoms. The maximum Gasteiger partial charge on any atom is 0.155 e. The Balaban J connectivity index is 1.27. The van der Waals surface area contributed by atoms with Crippen LogP contribution in [0.5, 0.6) is 0 Å². The van der Waals surface area contributed by atoms with Crippen LogP contribution in [0.25, 0.3) is 6.08 Å². The predicted octanol–water partition coefficient (Wildman–Crippen LogP) is 5.46. The fourth-order valence-corrected chi connectivity index (χ4v) is 3.83. The fourth-order valence-electron chi connectivity index (χ4n) is 3.83. The third-order valence-corrected chi connectivity index (χ3v) is 5.32. The number of unbranched alkanes of at least 4 members (excludes halogenated alkanes) is 4. The van der Waals surface area contributed by atoms with Gasteiger partial charge >= 0.3 is 0 Å². The number of fused-ring (bicyclic) bond motifs is 1. The van der Waals surface area contributed by atoms with E-state index in [1.807, 2.05) is 18.2 Å². The molecule has 0 bridgehead atoms. The molecule has 0 aliphatic carbocycles. The van der Waals surface area contributed by atoms with Crippen molar-refractivity contribution in [3.63, 3.8) is 0 Å². The van der Waals surface area contributed by atoms with Crippen LogP contribution < -0.4 is 4.90 Å². The highest BCUT2D eigenvalue weighted by Crippen LogP contribution is 2.31. The van der Waals surface area contributed by atoms with E-state index >= 15 is 0 Å². The van der Waals surface area contributed by atoms with Crippen molar-refractivity contribution in [2.45, 2.75) is 57.9 Å². The highest BCUT2D eigenvalue weighted by Gasteiger charge is 2.24. The van der Waals surface area contributed by atoms with Crippen molar-refractivity contribution in [3.05, 3.63) is 66.0 Å². The summed E-state index contributed by atoms with van der Waals surface area (Å²) < 4.78 is 0. The van der Waals surface area contributed by atoms with Crippen LogP contribution in [-0.4, -0.2) is 23.4 Å². The maximum atomic E-state index is 11.9. The first-order chi connectivity index (χ1) is 13.2. The molecule has 0 spiro atoms. The van der Waals surface area contributed by atoms with Crippen molar-refractivity contribution in [2.75, 3.05) is 11.4 Å². The molecule has 27 heavy (non-hydrogen) atoms. The number of hydrogen-bond acceptors (Lipinski definition) is 3. The molecule has 1 unspecified atom stereocenters. The van der Waals surface area contributed by atoms with Gasteiger partial charge in [0.15, 0.2) is 5.78 Å². The fraction of sp³-hybridized carbons (Fsp3) is 0.417. The Kier molecular flexibility index (Phi) is 7.20. The second kappa shape index (κ2) is 10.1. The summed E-state index contributed by atoms with van der Waals surface area (Å²) in [4.78, 5) is 18.5. The average Bonchev–Trinajstić information content (AvgIpc) is 3.01. The largest absolute Gasteiger partial charge is 0.368 e. The maximum absolute atomic E-state index is 11.9. The summed E-state index contributed by atoms with van der Waals surface area (Å²) in [5.74, 6) is 0.210. The molecule has 142 valence electrons. The lowest BCUT2D eigenvalue weighted by Gasteiger charge is -2.24. The molecule has 2 heterocycles. The zero-order chi connectivity index (χ0) is 18.9. The van der Waals surface area contributed by atoms with Crippen LogP contribution in [0, 0.1) is 0 Å². The van der Waals surface area contributed by atoms with Crippen LogP contribution in [0.4, 0.5) is 5.69 Å². The van der Waals surface area contributed by atoms with Gasteiger partial charge in [-0.05, 0) is 61.6 Å². The number of rotatable bonds is 10. The summed E-state index contributed by atoms with van der Waals surface area (Å²) >= 11 is 0. The molecule has 0 radical (unpaired) electrons. The summed E-state index contributed by atoms with van der Waals surface area (Å²) in [5.41, 5.74) is 3.89. The quantitative estimate of drug-likeness (QED) is 0.416. The number of carbonyl (C=O) groups excluding carboxylic acids is 1. The SMILES string of the molecule is CC1Cc2ccccc2N1CCCCCCCC(=O)/C=C/c1cccnc1. The molecular formula is C24H30N2O. The van der Waals surface area contributed by atoms with Crippen molar-refractivity contribution in [1.82, 2.24) is 4.98 Å².